The summed E-state index contributed by atoms with van der Waals surface area (Å²) >= 11 is 0. The van der Waals surface area contributed by atoms with E-state index in [0.29, 0.717) is 36.5 Å². The minimum absolute atomic E-state index is 0.294. The molecule has 1 aliphatic rings. The minimum atomic E-state index is -0.895. The normalized spacial score (nSPS) is 18.0. The van der Waals surface area contributed by atoms with Crippen LogP contribution in [-0.4, -0.2) is 72.3 Å². The second kappa shape index (κ2) is 7.61. The standard InChI is InChI=1S/C16H25N3O4/c1-11(2)18-7-9-19(10-8-18)14(16(20)21)12-5-6-13(22-3)17-15(12)23-4/h5-6,11,14H,7-10H2,1-4H3,(H,20,21)/t14-/m1/s1. The van der Waals surface area contributed by atoms with Crippen LogP contribution in [0.5, 0.6) is 11.8 Å². The molecule has 0 aromatic carbocycles. The number of carbonyl (C=O) groups is 1. The van der Waals surface area contributed by atoms with Crippen LogP contribution in [0.3, 0.4) is 0 Å². The molecule has 23 heavy (non-hydrogen) atoms. The minimum Gasteiger partial charge on any atom is -0.481 e. The van der Waals surface area contributed by atoms with Gasteiger partial charge in [-0.05, 0) is 19.9 Å². The van der Waals surface area contributed by atoms with Crippen molar-refractivity contribution in [1.82, 2.24) is 14.8 Å². The van der Waals surface area contributed by atoms with Crippen LogP contribution >= 0.6 is 0 Å². The van der Waals surface area contributed by atoms with Crippen molar-refractivity contribution in [3.05, 3.63) is 17.7 Å². The number of rotatable bonds is 6. The van der Waals surface area contributed by atoms with E-state index in [1.165, 1.54) is 14.2 Å². The summed E-state index contributed by atoms with van der Waals surface area (Å²) in [4.78, 5) is 20.4. The van der Waals surface area contributed by atoms with Crippen LogP contribution in [0.25, 0.3) is 0 Å². The lowest BCUT2D eigenvalue weighted by Crippen LogP contribution is -2.51. The SMILES string of the molecule is COc1ccc([C@H](C(=O)O)N2CCN(C(C)C)CC2)c(OC)n1. The summed E-state index contributed by atoms with van der Waals surface area (Å²) < 4.78 is 10.4. The summed E-state index contributed by atoms with van der Waals surface area (Å²) in [5.41, 5.74) is 0.554. The summed E-state index contributed by atoms with van der Waals surface area (Å²) in [7, 11) is 3.00. The van der Waals surface area contributed by atoms with Crippen LogP contribution in [0.2, 0.25) is 0 Å². The van der Waals surface area contributed by atoms with Crippen molar-refractivity contribution in [2.75, 3.05) is 40.4 Å². The number of ether oxygens (including phenoxy) is 2. The van der Waals surface area contributed by atoms with Crippen molar-refractivity contribution < 1.29 is 19.4 Å². The first kappa shape index (κ1) is 17.5. The van der Waals surface area contributed by atoms with Crippen LogP contribution in [0.1, 0.15) is 25.5 Å². The van der Waals surface area contributed by atoms with E-state index in [1.54, 1.807) is 12.1 Å². The first-order valence-electron chi connectivity index (χ1n) is 7.77. The average Bonchev–Trinajstić information content (AvgIpc) is 2.55. The topological polar surface area (TPSA) is 75.1 Å². The molecule has 7 nitrogen and oxygen atoms in total. The lowest BCUT2D eigenvalue weighted by molar-refractivity contribution is -0.144. The number of piperazine rings is 1. The molecule has 1 aliphatic heterocycles. The highest BCUT2D eigenvalue weighted by molar-refractivity contribution is 5.76. The molecule has 128 valence electrons. The monoisotopic (exact) mass is 323 g/mol. The highest BCUT2D eigenvalue weighted by Crippen LogP contribution is 2.31. The quantitative estimate of drug-likeness (QED) is 0.844. The van der Waals surface area contributed by atoms with E-state index >= 15 is 0 Å². The molecule has 7 heteroatoms. The zero-order valence-corrected chi connectivity index (χ0v) is 14.2. The summed E-state index contributed by atoms with van der Waals surface area (Å²) in [5.74, 6) is -0.198. The van der Waals surface area contributed by atoms with E-state index < -0.39 is 12.0 Å². The summed E-state index contributed by atoms with van der Waals surface area (Å²) in [6.07, 6.45) is 0. The van der Waals surface area contributed by atoms with Gasteiger partial charge in [0.15, 0.2) is 0 Å². The highest BCUT2D eigenvalue weighted by Gasteiger charge is 2.33. The molecule has 1 aromatic heterocycles. The Labute approximate surface area is 136 Å². The van der Waals surface area contributed by atoms with E-state index in [1.807, 2.05) is 4.90 Å². The number of nitrogens with zero attached hydrogens (tertiary/aromatic N) is 3. The maximum atomic E-state index is 11.9. The van der Waals surface area contributed by atoms with E-state index in [2.05, 4.69) is 23.7 Å². The van der Waals surface area contributed by atoms with Gasteiger partial charge in [-0.25, -0.2) is 0 Å². The van der Waals surface area contributed by atoms with Crippen molar-refractivity contribution in [3.8, 4) is 11.8 Å². The van der Waals surface area contributed by atoms with Gasteiger partial charge < -0.3 is 14.6 Å². The number of carboxylic acids is 1. The Morgan fingerprint density at radius 2 is 1.74 bits per heavy atom. The van der Waals surface area contributed by atoms with Gasteiger partial charge >= 0.3 is 5.97 Å². The molecular formula is C16H25N3O4. The van der Waals surface area contributed by atoms with Crippen molar-refractivity contribution in [2.24, 2.45) is 0 Å². The largest absolute Gasteiger partial charge is 0.481 e. The van der Waals surface area contributed by atoms with E-state index in [0.717, 1.165) is 13.1 Å². The molecule has 2 heterocycles. The van der Waals surface area contributed by atoms with Crippen molar-refractivity contribution >= 4 is 5.97 Å². The Kier molecular flexibility index (Phi) is 5.79. The lowest BCUT2D eigenvalue weighted by Gasteiger charge is -2.39. The van der Waals surface area contributed by atoms with Gasteiger partial charge in [0.1, 0.15) is 6.04 Å². The maximum absolute atomic E-state index is 11.9. The van der Waals surface area contributed by atoms with E-state index in [4.69, 9.17) is 9.47 Å². The van der Waals surface area contributed by atoms with Gasteiger partial charge in [-0.2, -0.15) is 4.98 Å². The Hall–Kier alpha value is -1.86. The maximum Gasteiger partial charge on any atom is 0.325 e. The zero-order valence-electron chi connectivity index (χ0n) is 14.2. The first-order chi connectivity index (χ1) is 11.0. The molecule has 0 unspecified atom stereocenters. The molecule has 0 amide bonds. The highest BCUT2D eigenvalue weighted by atomic mass is 16.5. The third-order valence-corrected chi connectivity index (χ3v) is 4.24. The molecule has 1 N–H and O–H groups in total. The molecule has 2 rings (SSSR count). The number of aliphatic carboxylic acids is 1. The van der Waals surface area contributed by atoms with Crippen LogP contribution < -0.4 is 9.47 Å². The predicted octanol–water partition coefficient (Wildman–Crippen LogP) is 1.25. The Morgan fingerprint density at radius 1 is 1.13 bits per heavy atom. The van der Waals surface area contributed by atoms with Gasteiger partial charge in [-0.3, -0.25) is 14.6 Å². The van der Waals surface area contributed by atoms with Crippen molar-refractivity contribution in [2.45, 2.75) is 25.9 Å². The second-order valence-corrected chi connectivity index (χ2v) is 5.86. The molecule has 0 spiro atoms. The van der Waals surface area contributed by atoms with Gasteiger partial charge in [-0.15, -0.1) is 0 Å². The van der Waals surface area contributed by atoms with Gasteiger partial charge in [0.2, 0.25) is 11.8 Å². The smallest absolute Gasteiger partial charge is 0.325 e. The van der Waals surface area contributed by atoms with E-state index in [-0.39, 0.29) is 0 Å². The fourth-order valence-electron chi connectivity index (χ4n) is 2.92. The predicted molar refractivity (Wildman–Crippen MR) is 86.0 cm³/mol. The summed E-state index contributed by atoms with van der Waals surface area (Å²) in [6.45, 7) is 7.41. The number of carboxylic acid groups (broad SMARTS) is 1. The Bertz CT molecular complexity index is 542. The first-order valence-corrected chi connectivity index (χ1v) is 7.77. The summed E-state index contributed by atoms with van der Waals surface area (Å²) in [5, 5.41) is 9.73. The lowest BCUT2D eigenvalue weighted by atomic mass is 10.1. The van der Waals surface area contributed by atoms with E-state index in [9.17, 15) is 9.90 Å². The van der Waals surface area contributed by atoms with Crippen molar-refractivity contribution in [1.29, 1.82) is 0 Å². The molecule has 0 aliphatic carbocycles. The van der Waals surface area contributed by atoms with Gasteiger partial charge in [0.05, 0.1) is 14.2 Å². The molecule has 1 aromatic rings. The number of aromatic nitrogens is 1. The molecule has 0 saturated carbocycles. The average molecular weight is 323 g/mol. The number of hydrogen-bond acceptors (Lipinski definition) is 6. The number of methoxy groups -OCH3 is 2. The number of pyridine rings is 1. The molecule has 0 bridgehead atoms. The van der Waals surface area contributed by atoms with Gasteiger partial charge in [-0.1, -0.05) is 0 Å². The third-order valence-electron chi connectivity index (χ3n) is 4.24. The molecule has 1 atom stereocenters. The molecule has 0 radical (unpaired) electrons. The fourth-order valence-corrected chi connectivity index (χ4v) is 2.92. The van der Waals surface area contributed by atoms with Crippen LogP contribution in [-0.2, 0) is 4.79 Å². The third kappa shape index (κ3) is 3.92. The molecule has 1 saturated heterocycles. The van der Waals surface area contributed by atoms with Crippen molar-refractivity contribution in [3.63, 3.8) is 0 Å². The second-order valence-electron chi connectivity index (χ2n) is 5.86. The number of hydrogen-bond donors (Lipinski definition) is 1. The van der Waals surface area contributed by atoms with Crippen LogP contribution in [0.4, 0.5) is 0 Å². The van der Waals surface area contributed by atoms with Crippen LogP contribution in [0.15, 0.2) is 12.1 Å². The molecular weight excluding hydrogens is 298 g/mol. The van der Waals surface area contributed by atoms with Gasteiger partial charge in [0.25, 0.3) is 0 Å². The zero-order chi connectivity index (χ0) is 17.0. The molecule has 1 fully saturated rings. The summed E-state index contributed by atoms with van der Waals surface area (Å²) in [6, 6.07) is 3.09. The van der Waals surface area contributed by atoms with Gasteiger partial charge in [0, 0.05) is 43.9 Å². The fraction of sp³-hybridized carbons (Fsp3) is 0.625. The Balaban J connectivity index is 2.24. The Morgan fingerprint density at radius 3 is 2.22 bits per heavy atom. The van der Waals surface area contributed by atoms with Crippen LogP contribution in [0, 0.1) is 0 Å².